The molecule has 0 aliphatic carbocycles. The van der Waals surface area contributed by atoms with E-state index in [0.29, 0.717) is 0 Å². The van der Waals surface area contributed by atoms with Crippen molar-refractivity contribution in [3.63, 3.8) is 0 Å². The quantitative estimate of drug-likeness (QED) is 0.761. The van der Waals surface area contributed by atoms with Crippen LogP contribution in [0.5, 0.6) is 0 Å². The third-order valence-corrected chi connectivity index (χ3v) is 2.82. The molecule has 1 atom stereocenters. The van der Waals surface area contributed by atoms with Crippen LogP contribution < -0.4 is 0 Å². The van der Waals surface area contributed by atoms with Gasteiger partial charge < -0.3 is 0 Å². The first kappa shape index (κ1) is 13.3. The molecule has 0 bridgehead atoms. The fourth-order valence-electron chi connectivity index (χ4n) is 1.86. The van der Waals surface area contributed by atoms with Gasteiger partial charge in [-0.2, -0.15) is 0 Å². The molecule has 0 heterocycles. The smallest absolute Gasteiger partial charge is 0.252 e. The molecule has 98 valence electrons. The Bertz CT molecular complexity index is 549. The number of rotatable bonds is 4. The van der Waals surface area contributed by atoms with Gasteiger partial charge in [0.05, 0.1) is 0 Å². The molecular formula is C15H11F3O. The van der Waals surface area contributed by atoms with E-state index in [-0.39, 0.29) is 11.1 Å². The van der Waals surface area contributed by atoms with Crippen molar-refractivity contribution in [3.05, 3.63) is 71.5 Å². The van der Waals surface area contributed by atoms with Crippen LogP contribution in [0.15, 0.2) is 54.6 Å². The third-order valence-electron chi connectivity index (χ3n) is 2.82. The number of hydrogen-bond acceptors (Lipinski definition) is 1. The van der Waals surface area contributed by atoms with Crippen molar-refractivity contribution in [1.29, 1.82) is 0 Å². The number of alkyl halides is 2. The Morgan fingerprint density at radius 3 is 2.00 bits per heavy atom. The molecule has 0 amide bonds. The number of ketones is 1. The Morgan fingerprint density at radius 1 is 0.895 bits per heavy atom. The predicted octanol–water partition coefficient (Wildman–Crippen LogP) is 4.06. The van der Waals surface area contributed by atoms with Crippen LogP contribution in [0.2, 0.25) is 0 Å². The van der Waals surface area contributed by atoms with Crippen LogP contribution >= 0.6 is 0 Å². The first-order valence-corrected chi connectivity index (χ1v) is 5.72. The zero-order chi connectivity index (χ0) is 13.8. The summed E-state index contributed by atoms with van der Waals surface area (Å²) in [5, 5.41) is 0. The zero-order valence-electron chi connectivity index (χ0n) is 9.89. The van der Waals surface area contributed by atoms with E-state index in [1.165, 1.54) is 24.3 Å². The Labute approximate surface area is 108 Å². The standard InChI is InChI=1S/C15H11F3O/c16-12-8-6-10(7-9-12)13(15(17)18)14(19)11-4-2-1-3-5-11/h1-9,13,15H. The summed E-state index contributed by atoms with van der Waals surface area (Å²) in [7, 11) is 0. The van der Waals surface area contributed by atoms with E-state index in [2.05, 4.69) is 0 Å². The monoisotopic (exact) mass is 264 g/mol. The van der Waals surface area contributed by atoms with E-state index < -0.39 is 23.9 Å². The summed E-state index contributed by atoms with van der Waals surface area (Å²) in [5.41, 5.74) is 0.336. The van der Waals surface area contributed by atoms with Gasteiger partial charge >= 0.3 is 0 Å². The number of hydrogen-bond donors (Lipinski definition) is 0. The summed E-state index contributed by atoms with van der Waals surface area (Å²) in [5.74, 6) is -2.76. The Balaban J connectivity index is 2.36. The van der Waals surface area contributed by atoms with Gasteiger partial charge in [-0.15, -0.1) is 0 Å². The molecule has 0 aromatic heterocycles. The third kappa shape index (κ3) is 3.02. The normalized spacial score (nSPS) is 12.4. The average Bonchev–Trinajstić information content (AvgIpc) is 2.42. The minimum absolute atomic E-state index is 0.116. The first-order valence-electron chi connectivity index (χ1n) is 5.72. The maximum atomic E-state index is 13.1. The molecule has 0 radical (unpaired) electrons. The number of carbonyl (C=O) groups is 1. The van der Waals surface area contributed by atoms with Gasteiger partial charge in [-0.3, -0.25) is 4.79 Å². The molecule has 2 rings (SSSR count). The van der Waals surface area contributed by atoms with E-state index in [0.717, 1.165) is 12.1 Å². The number of Topliss-reactive ketones (excluding diaryl/α,β-unsaturated/α-hetero) is 1. The molecule has 0 aliphatic rings. The highest BCUT2D eigenvalue weighted by atomic mass is 19.3. The number of halogens is 3. The van der Waals surface area contributed by atoms with Gasteiger partial charge in [-0.05, 0) is 17.7 Å². The van der Waals surface area contributed by atoms with Gasteiger partial charge in [-0.25, -0.2) is 13.2 Å². The zero-order valence-corrected chi connectivity index (χ0v) is 9.89. The highest BCUT2D eigenvalue weighted by molar-refractivity contribution is 6.01. The van der Waals surface area contributed by atoms with Gasteiger partial charge in [0.1, 0.15) is 11.7 Å². The fraction of sp³-hybridized carbons (Fsp3) is 0.133. The summed E-state index contributed by atoms with van der Waals surface area (Å²) in [6.07, 6.45) is -2.84. The van der Waals surface area contributed by atoms with Crippen molar-refractivity contribution in [2.75, 3.05) is 0 Å². The molecule has 1 unspecified atom stereocenters. The van der Waals surface area contributed by atoms with Gasteiger partial charge in [0.2, 0.25) is 0 Å². The van der Waals surface area contributed by atoms with Crippen LogP contribution in [0.3, 0.4) is 0 Å². The molecule has 1 nitrogen and oxygen atoms in total. The van der Waals surface area contributed by atoms with Crippen molar-refractivity contribution < 1.29 is 18.0 Å². The molecule has 4 heteroatoms. The highest BCUT2D eigenvalue weighted by Crippen LogP contribution is 2.27. The van der Waals surface area contributed by atoms with Crippen molar-refractivity contribution >= 4 is 5.78 Å². The van der Waals surface area contributed by atoms with Crippen LogP contribution in [0.1, 0.15) is 21.8 Å². The topological polar surface area (TPSA) is 17.1 Å². The summed E-state index contributed by atoms with van der Waals surface area (Å²) in [4.78, 5) is 12.1. The first-order chi connectivity index (χ1) is 9.09. The second kappa shape index (κ2) is 5.69. The van der Waals surface area contributed by atoms with Crippen LogP contribution in [0, 0.1) is 5.82 Å². The lowest BCUT2D eigenvalue weighted by Crippen LogP contribution is -2.20. The van der Waals surface area contributed by atoms with E-state index >= 15 is 0 Å². The second-order valence-electron chi connectivity index (χ2n) is 4.09. The van der Waals surface area contributed by atoms with Crippen molar-refractivity contribution in [3.8, 4) is 0 Å². The fourth-order valence-corrected chi connectivity index (χ4v) is 1.86. The molecule has 2 aromatic carbocycles. The average molecular weight is 264 g/mol. The molecular weight excluding hydrogens is 253 g/mol. The van der Waals surface area contributed by atoms with E-state index in [4.69, 9.17) is 0 Å². The van der Waals surface area contributed by atoms with Crippen LogP contribution in [-0.4, -0.2) is 12.2 Å². The summed E-state index contributed by atoms with van der Waals surface area (Å²) in [6.45, 7) is 0. The molecule has 0 saturated carbocycles. The lowest BCUT2D eigenvalue weighted by molar-refractivity contribution is 0.0735. The number of carbonyl (C=O) groups excluding carboxylic acids is 1. The summed E-state index contributed by atoms with van der Waals surface area (Å²) in [6, 6.07) is 12.5. The van der Waals surface area contributed by atoms with Gasteiger partial charge in [0.25, 0.3) is 6.43 Å². The van der Waals surface area contributed by atoms with Gasteiger partial charge in [0.15, 0.2) is 5.78 Å². The minimum Gasteiger partial charge on any atom is -0.293 e. The Morgan fingerprint density at radius 2 is 1.47 bits per heavy atom. The molecule has 0 aliphatic heterocycles. The molecule has 0 fully saturated rings. The largest absolute Gasteiger partial charge is 0.293 e. The Hall–Kier alpha value is -2.10. The van der Waals surface area contributed by atoms with E-state index in [1.807, 2.05) is 0 Å². The predicted molar refractivity (Wildman–Crippen MR) is 65.9 cm³/mol. The maximum absolute atomic E-state index is 13.1. The van der Waals surface area contributed by atoms with Gasteiger partial charge in [0, 0.05) is 5.56 Å². The molecule has 2 aromatic rings. The minimum atomic E-state index is -2.84. The van der Waals surface area contributed by atoms with Crippen molar-refractivity contribution in [1.82, 2.24) is 0 Å². The second-order valence-corrected chi connectivity index (χ2v) is 4.09. The van der Waals surface area contributed by atoms with Crippen LogP contribution in [-0.2, 0) is 0 Å². The van der Waals surface area contributed by atoms with Crippen molar-refractivity contribution in [2.45, 2.75) is 12.3 Å². The van der Waals surface area contributed by atoms with Crippen molar-refractivity contribution in [2.24, 2.45) is 0 Å². The summed E-state index contributed by atoms with van der Waals surface area (Å²) < 4.78 is 39.0. The SMILES string of the molecule is O=C(c1ccccc1)C(c1ccc(F)cc1)C(F)F. The lowest BCUT2D eigenvalue weighted by atomic mass is 9.91. The highest BCUT2D eigenvalue weighted by Gasteiger charge is 2.30. The maximum Gasteiger partial charge on any atom is 0.252 e. The molecule has 0 spiro atoms. The molecule has 19 heavy (non-hydrogen) atoms. The summed E-state index contributed by atoms with van der Waals surface area (Å²) >= 11 is 0. The van der Waals surface area contributed by atoms with Crippen LogP contribution in [0.4, 0.5) is 13.2 Å². The van der Waals surface area contributed by atoms with Gasteiger partial charge in [-0.1, -0.05) is 42.5 Å². The van der Waals surface area contributed by atoms with E-state index in [1.54, 1.807) is 18.2 Å². The lowest BCUT2D eigenvalue weighted by Gasteiger charge is -2.15. The van der Waals surface area contributed by atoms with Crippen LogP contribution in [0.25, 0.3) is 0 Å². The Kier molecular flexibility index (Phi) is 4.00. The number of benzene rings is 2. The van der Waals surface area contributed by atoms with E-state index in [9.17, 15) is 18.0 Å². The molecule has 0 N–H and O–H groups in total. The molecule has 0 saturated heterocycles.